The van der Waals surface area contributed by atoms with Crippen LogP contribution in [0.25, 0.3) is 0 Å². The Kier molecular flexibility index (Phi) is 4.26. The molecule has 0 heterocycles. The van der Waals surface area contributed by atoms with Crippen molar-refractivity contribution in [1.29, 1.82) is 0 Å². The molecule has 0 atom stereocenters. The number of carbonyl (C=O) groups excluding carboxylic acids is 1. The van der Waals surface area contributed by atoms with Crippen LogP contribution in [0.1, 0.15) is 18.9 Å². The molecule has 0 radical (unpaired) electrons. The Bertz CT molecular complexity index is 321. The van der Waals surface area contributed by atoms with E-state index in [-0.39, 0.29) is 5.91 Å². The molecule has 1 aromatic carbocycles. The van der Waals surface area contributed by atoms with Crippen molar-refractivity contribution in [3.05, 3.63) is 35.9 Å². The van der Waals surface area contributed by atoms with Gasteiger partial charge in [-0.25, -0.2) is 0 Å². The van der Waals surface area contributed by atoms with Gasteiger partial charge in [0.2, 0.25) is 5.91 Å². The lowest BCUT2D eigenvalue weighted by Gasteiger charge is -2.03. The van der Waals surface area contributed by atoms with E-state index in [9.17, 15) is 4.79 Å². The van der Waals surface area contributed by atoms with Crippen LogP contribution >= 0.6 is 12.2 Å². The molecule has 1 rings (SSSR count). The number of hydrogen-bond acceptors (Lipinski definition) is 2. The molecule has 0 aliphatic heterocycles. The summed E-state index contributed by atoms with van der Waals surface area (Å²) in [6.07, 6.45) is 1.09. The summed E-state index contributed by atoms with van der Waals surface area (Å²) in [6.45, 7) is 1.92. The van der Waals surface area contributed by atoms with Gasteiger partial charge in [-0.3, -0.25) is 4.79 Å². The van der Waals surface area contributed by atoms with Crippen LogP contribution in [0, 0.1) is 0 Å². The Morgan fingerprint density at radius 1 is 1.36 bits per heavy atom. The van der Waals surface area contributed by atoms with Crippen LogP contribution in [0.15, 0.2) is 30.3 Å². The van der Waals surface area contributed by atoms with Gasteiger partial charge in [0, 0.05) is 0 Å². The van der Waals surface area contributed by atoms with Gasteiger partial charge in [-0.1, -0.05) is 49.5 Å². The van der Waals surface area contributed by atoms with Crippen LogP contribution in [-0.2, 0) is 11.2 Å². The largest absolute Gasteiger partial charge is 0.320 e. The Labute approximate surface area is 89.3 Å². The van der Waals surface area contributed by atoms with Crippen molar-refractivity contribution < 1.29 is 4.79 Å². The van der Waals surface area contributed by atoms with Gasteiger partial charge in [-0.15, -0.1) is 0 Å². The first-order valence-corrected chi connectivity index (χ1v) is 4.99. The second-order valence-electron chi connectivity index (χ2n) is 2.99. The fraction of sp³-hybridized carbons (Fsp3) is 0.273. The van der Waals surface area contributed by atoms with E-state index in [1.165, 1.54) is 0 Å². The lowest BCUT2D eigenvalue weighted by atomic mass is 10.1. The molecule has 14 heavy (non-hydrogen) atoms. The molecule has 0 fully saturated rings. The van der Waals surface area contributed by atoms with E-state index >= 15 is 0 Å². The molecule has 1 N–H and O–H groups in total. The van der Waals surface area contributed by atoms with E-state index < -0.39 is 0 Å². The van der Waals surface area contributed by atoms with E-state index in [0.29, 0.717) is 17.8 Å². The molecular weight excluding hydrogens is 194 g/mol. The van der Waals surface area contributed by atoms with Crippen molar-refractivity contribution in [2.75, 3.05) is 0 Å². The average molecular weight is 207 g/mol. The monoisotopic (exact) mass is 207 g/mol. The topological polar surface area (TPSA) is 29.1 Å². The van der Waals surface area contributed by atoms with Gasteiger partial charge in [0.25, 0.3) is 0 Å². The van der Waals surface area contributed by atoms with Gasteiger partial charge in [0.15, 0.2) is 0 Å². The molecule has 0 aliphatic carbocycles. The highest BCUT2D eigenvalue weighted by Gasteiger charge is 2.03. The molecule has 0 aromatic heterocycles. The number of nitrogens with one attached hydrogen (secondary N) is 1. The third-order valence-corrected chi connectivity index (χ3v) is 2.20. The molecule has 74 valence electrons. The highest BCUT2D eigenvalue weighted by molar-refractivity contribution is 7.80. The molecule has 0 spiro atoms. The van der Waals surface area contributed by atoms with Gasteiger partial charge in [-0.2, -0.15) is 0 Å². The zero-order valence-electron chi connectivity index (χ0n) is 8.12. The predicted molar refractivity (Wildman–Crippen MR) is 61.2 cm³/mol. The summed E-state index contributed by atoms with van der Waals surface area (Å²) in [5.74, 6) is -0.0388. The molecule has 2 nitrogen and oxygen atoms in total. The SMILES string of the molecule is CCC(=S)NC(=O)Cc1ccccc1. The third-order valence-electron chi connectivity index (χ3n) is 1.81. The van der Waals surface area contributed by atoms with Crippen molar-refractivity contribution in [2.45, 2.75) is 19.8 Å². The Morgan fingerprint density at radius 2 is 2.00 bits per heavy atom. The highest BCUT2D eigenvalue weighted by atomic mass is 32.1. The van der Waals surface area contributed by atoms with Crippen LogP contribution in [0.3, 0.4) is 0 Å². The second-order valence-corrected chi connectivity index (χ2v) is 3.48. The molecule has 3 heteroatoms. The standard InChI is InChI=1S/C11H13NOS/c1-2-11(14)12-10(13)8-9-6-4-3-5-7-9/h3-7H,2,8H2,1H3,(H,12,13,14). The summed E-state index contributed by atoms with van der Waals surface area (Å²) in [6, 6.07) is 9.61. The molecule has 0 saturated heterocycles. The van der Waals surface area contributed by atoms with Crippen molar-refractivity contribution in [1.82, 2.24) is 5.32 Å². The summed E-state index contributed by atoms with van der Waals surface area (Å²) >= 11 is 4.92. The lowest BCUT2D eigenvalue weighted by Crippen LogP contribution is -2.29. The first-order chi connectivity index (χ1) is 6.72. The maximum Gasteiger partial charge on any atom is 0.229 e. The van der Waals surface area contributed by atoms with Crippen molar-refractivity contribution in [3.8, 4) is 0 Å². The smallest absolute Gasteiger partial charge is 0.229 e. The first-order valence-electron chi connectivity index (χ1n) is 4.59. The van der Waals surface area contributed by atoms with E-state index in [2.05, 4.69) is 5.32 Å². The molecular formula is C11H13NOS. The minimum atomic E-state index is -0.0388. The number of hydrogen-bond donors (Lipinski definition) is 1. The zero-order valence-corrected chi connectivity index (χ0v) is 8.93. The van der Waals surface area contributed by atoms with E-state index in [0.717, 1.165) is 5.56 Å². The van der Waals surface area contributed by atoms with Crippen LogP contribution in [0.5, 0.6) is 0 Å². The summed E-state index contributed by atoms with van der Waals surface area (Å²) in [7, 11) is 0. The lowest BCUT2D eigenvalue weighted by molar-refractivity contribution is -0.119. The van der Waals surface area contributed by atoms with Gasteiger partial charge in [0.05, 0.1) is 11.4 Å². The fourth-order valence-corrected chi connectivity index (χ4v) is 1.18. The average Bonchev–Trinajstić information content (AvgIpc) is 2.19. The second kappa shape index (κ2) is 5.50. The molecule has 1 aromatic rings. The van der Waals surface area contributed by atoms with E-state index in [4.69, 9.17) is 12.2 Å². The molecule has 0 aliphatic rings. The van der Waals surface area contributed by atoms with Gasteiger partial charge < -0.3 is 5.32 Å². The van der Waals surface area contributed by atoms with E-state index in [1.54, 1.807) is 0 Å². The molecule has 0 unspecified atom stereocenters. The quantitative estimate of drug-likeness (QED) is 0.769. The highest BCUT2D eigenvalue weighted by Crippen LogP contribution is 1.99. The predicted octanol–water partition coefficient (Wildman–Crippen LogP) is 2.08. The first kappa shape index (κ1) is 10.9. The molecule has 0 saturated carbocycles. The molecule has 1 amide bonds. The van der Waals surface area contributed by atoms with Crippen molar-refractivity contribution >= 4 is 23.1 Å². The Hall–Kier alpha value is -1.22. The summed E-state index contributed by atoms with van der Waals surface area (Å²) in [5.41, 5.74) is 1.00. The van der Waals surface area contributed by atoms with E-state index in [1.807, 2.05) is 37.3 Å². The minimum Gasteiger partial charge on any atom is -0.320 e. The van der Waals surface area contributed by atoms with Gasteiger partial charge in [0.1, 0.15) is 0 Å². The summed E-state index contributed by atoms with van der Waals surface area (Å²) < 4.78 is 0. The fourth-order valence-electron chi connectivity index (χ4n) is 1.07. The Balaban J connectivity index is 2.46. The number of thiocarbonyl (C=S) groups is 1. The number of benzene rings is 1. The maximum atomic E-state index is 11.4. The normalized spacial score (nSPS) is 9.50. The summed E-state index contributed by atoms with van der Waals surface area (Å²) in [5, 5.41) is 2.67. The Morgan fingerprint density at radius 3 is 2.57 bits per heavy atom. The number of carbonyl (C=O) groups is 1. The minimum absolute atomic E-state index is 0.0388. The van der Waals surface area contributed by atoms with Crippen molar-refractivity contribution in [2.24, 2.45) is 0 Å². The zero-order chi connectivity index (χ0) is 10.4. The maximum absolute atomic E-state index is 11.4. The third kappa shape index (κ3) is 3.66. The van der Waals surface area contributed by atoms with Gasteiger partial charge in [-0.05, 0) is 12.0 Å². The van der Waals surface area contributed by atoms with Crippen LogP contribution in [0.2, 0.25) is 0 Å². The summed E-state index contributed by atoms with van der Waals surface area (Å²) in [4.78, 5) is 12.0. The van der Waals surface area contributed by atoms with Gasteiger partial charge >= 0.3 is 0 Å². The number of amides is 1. The van der Waals surface area contributed by atoms with Crippen LogP contribution in [-0.4, -0.2) is 10.9 Å². The van der Waals surface area contributed by atoms with Crippen LogP contribution in [0.4, 0.5) is 0 Å². The molecule has 0 bridgehead atoms. The number of rotatable bonds is 3. The van der Waals surface area contributed by atoms with Crippen molar-refractivity contribution in [3.63, 3.8) is 0 Å². The van der Waals surface area contributed by atoms with Crippen LogP contribution < -0.4 is 5.32 Å².